The number of carbonyl (C=O) groups excluding carboxylic acids is 1. The molecule has 1 saturated carbocycles. The van der Waals surface area contributed by atoms with Gasteiger partial charge in [-0.15, -0.1) is 12.4 Å². The van der Waals surface area contributed by atoms with Crippen molar-refractivity contribution in [2.75, 3.05) is 26.2 Å². The topological polar surface area (TPSA) is 32.3 Å². The third-order valence-electron chi connectivity index (χ3n) is 5.86. The van der Waals surface area contributed by atoms with E-state index >= 15 is 0 Å². The highest BCUT2D eigenvalue weighted by atomic mass is 35.5. The number of nitrogens with zero attached hydrogens (tertiary/aromatic N) is 1. The third kappa shape index (κ3) is 3.14. The van der Waals surface area contributed by atoms with Crippen molar-refractivity contribution in [1.29, 1.82) is 0 Å². The van der Waals surface area contributed by atoms with Crippen LogP contribution in [-0.4, -0.2) is 37.0 Å². The first-order valence-corrected chi connectivity index (χ1v) is 8.22. The van der Waals surface area contributed by atoms with E-state index in [4.69, 9.17) is 0 Å². The minimum absolute atomic E-state index is 0. The molecule has 1 atom stereocenters. The number of hydrogen-bond donors (Lipinski definition) is 1. The molecule has 3 nitrogen and oxygen atoms in total. The number of amides is 1. The van der Waals surface area contributed by atoms with Crippen LogP contribution in [0.3, 0.4) is 0 Å². The highest BCUT2D eigenvalue weighted by Gasteiger charge is 2.43. The van der Waals surface area contributed by atoms with Crippen molar-refractivity contribution in [2.24, 2.45) is 17.3 Å². The molecule has 2 saturated heterocycles. The zero-order valence-electron chi connectivity index (χ0n) is 12.7. The molecule has 0 bridgehead atoms. The molecule has 3 aliphatic rings. The van der Waals surface area contributed by atoms with Crippen molar-refractivity contribution < 1.29 is 4.79 Å². The van der Waals surface area contributed by atoms with Crippen molar-refractivity contribution in [1.82, 2.24) is 10.2 Å². The Morgan fingerprint density at radius 3 is 2.60 bits per heavy atom. The summed E-state index contributed by atoms with van der Waals surface area (Å²) in [5.74, 6) is 1.69. The van der Waals surface area contributed by atoms with Crippen LogP contribution in [0.25, 0.3) is 0 Å². The van der Waals surface area contributed by atoms with Crippen LogP contribution in [0.2, 0.25) is 0 Å². The summed E-state index contributed by atoms with van der Waals surface area (Å²) in [5, 5.41) is 3.47. The monoisotopic (exact) mass is 300 g/mol. The van der Waals surface area contributed by atoms with Gasteiger partial charge >= 0.3 is 0 Å². The molecule has 0 aromatic carbocycles. The molecule has 3 fully saturated rings. The second-order valence-corrected chi connectivity index (χ2v) is 7.06. The van der Waals surface area contributed by atoms with E-state index in [1.807, 2.05) is 0 Å². The Hall–Kier alpha value is -0.280. The van der Waals surface area contributed by atoms with Gasteiger partial charge in [0.1, 0.15) is 0 Å². The fraction of sp³-hybridized carbons (Fsp3) is 0.938. The van der Waals surface area contributed by atoms with Crippen LogP contribution in [0.5, 0.6) is 0 Å². The molecular weight excluding hydrogens is 272 g/mol. The van der Waals surface area contributed by atoms with E-state index in [1.54, 1.807) is 0 Å². The number of nitrogens with one attached hydrogen (secondary N) is 1. The van der Waals surface area contributed by atoms with Crippen LogP contribution in [0.1, 0.15) is 51.9 Å². The number of likely N-dealkylation sites (tertiary alicyclic amines) is 1. The maximum atomic E-state index is 12.6. The second kappa shape index (κ2) is 6.65. The summed E-state index contributed by atoms with van der Waals surface area (Å²) in [6.07, 6.45) is 8.59. The van der Waals surface area contributed by atoms with Crippen molar-refractivity contribution in [2.45, 2.75) is 51.9 Å². The Morgan fingerprint density at radius 1 is 1.25 bits per heavy atom. The molecule has 1 N–H and O–H groups in total. The fourth-order valence-electron chi connectivity index (χ4n) is 4.34. The average Bonchev–Trinajstić information content (AvgIpc) is 3.09. The van der Waals surface area contributed by atoms with Crippen molar-refractivity contribution in [3.05, 3.63) is 0 Å². The summed E-state index contributed by atoms with van der Waals surface area (Å²) in [4.78, 5) is 14.8. The van der Waals surface area contributed by atoms with Crippen LogP contribution in [-0.2, 0) is 4.79 Å². The maximum absolute atomic E-state index is 12.6. The summed E-state index contributed by atoms with van der Waals surface area (Å²) in [6.45, 7) is 6.58. The maximum Gasteiger partial charge on any atom is 0.225 e. The number of carbonyl (C=O) groups is 1. The van der Waals surface area contributed by atoms with Gasteiger partial charge < -0.3 is 10.2 Å². The third-order valence-corrected chi connectivity index (χ3v) is 5.86. The van der Waals surface area contributed by atoms with Crippen LogP contribution >= 0.6 is 12.4 Å². The van der Waals surface area contributed by atoms with E-state index in [0.29, 0.717) is 17.2 Å². The van der Waals surface area contributed by atoms with Gasteiger partial charge in [-0.1, -0.05) is 13.3 Å². The molecule has 4 heteroatoms. The highest BCUT2D eigenvalue weighted by molar-refractivity contribution is 5.85. The largest absolute Gasteiger partial charge is 0.342 e. The SMILES string of the molecule is CCC1CCC(C(=O)N2CCC3(CCNC3)C2)CC1.Cl. The van der Waals surface area contributed by atoms with Gasteiger partial charge in [0.25, 0.3) is 0 Å². The van der Waals surface area contributed by atoms with Gasteiger partial charge in [-0.25, -0.2) is 0 Å². The zero-order chi connectivity index (χ0) is 13.3. The van der Waals surface area contributed by atoms with Crippen LogP contribution in [0.4, 0.5) is 0 Å². The minimum atomic E-state index is 0. The predicted octanol–water partition coefficient (Wildman–Crippen LogP) is 2.84. The van der Waals surface area contributed by atoms with E-state index < -0.39 is 0 Å². The first-order valence-electron chi connectivity index (χ1n) is 8.22. The van der Waals surface area contributed by atoms with E-state index in [2.05, 4.69) is 17.1 Å². The number of halogens is 1. The smallest absolute Gasteiger partial charge is 0.225 e. The summed E-state index contributed by atoms with van der Waals surface area (Å²) < 4.78 is 0. The van der Waals surface area contributed by atoms with E-state index in [-0.39, 0.29) is 12.4 Å². The van der Waals surface area contributed by atoms with Crippen LogP contribution in [0.15, 0.2) is 0 Å². The van der Waals surface area contributed by atoms with Gasteiger partial charge in [0.05, 0.1) is 0 Å². The second-order valence-electron chi connectivity index (χ2n) is 7.06. The van der Waals surface area contributed by atoms with Gasteiger partial charge in [-0.05, 0) is 51.0 Å². The molecule has 1 amide bonds. The molecule has 1 aliphatic carbocycles. The molecule has 0 radical (unpaired) electrons. The van der Waals surface area contributed by atoms with E-state index in [1.165, 1.54) is 32.1 Å². The molecule has 2 heterocycles. The van der Waals surface area contributed by atoms with E-state index in [0.717, 1.165) is 44.9 Å². The molecule has 0 aromatic heterocycles. The van der Waals surface area contributed by atoms with Crippen molar-refractivity contribution in [3.63, 3.8) is 0 Å². The molecule has 1 unspecified atom stereocenters. The predicted molar refractivity (Wildman–Crippen MR) is 84.1 cm³/mol. The lowest BCUT2D eigenvalue weighted by molar-refractivity contribution is -0.136. The standard InChI is InChI=1S/C16H28N2O.ClH/c1-2-13-3-5-14(6-4-13)15(19)18-10-8-16(12-18)7-9-17-11-16;/h13-14,17H,2-12H2,1H3;1H. The fourth-order valence-corrected chi connectivity index (χ4v) is 4.34. The van der Waals surface area contributed by atoms with Gasteiger partial charge in [-0.3, -0.25) is 4.79 Å². The normalized spacial score (nSPS) is 37.1. The van der Waals surface area contributed by atoms with Crippen molar-refractivity contribution in [3.8, 4) is 0 Å². The lowest BCUT2D eigenvalue weighted by Crippen LogP contribution is -2.38. The molecule has 0 aromatic rings. The number of hydrogen-bond acceptors (Lipinski definition) is 2. The lowest BCUT2D eigenvalue weighted by atomic mass is 9.80. The quantitative estimate of drug-likeness (QED) is 0.850. The van der Waals surface area contributed by atoms with Crippen molar-refractivity contribution >= 4 is 18.3 Å². The Labute approximate surface area is 129 Å². The Kier molecular flexibility index (Phi) is 5.36. The molecule has 116 valence electrons. The van der Waals surface area contributed by atoms with Crippen LogP contribution in [0, 0.1) is 17.3 Å². The minimum Gasteiger partial charge on any atom is -0.342 e. The zero-order valence-corrected chi connectivity index (χ0v) is 13.5. The summed E-state index contributed by atoms with van der Waals surface area (Å²) in [7, 11) is 0. The van der Waals surface area contributed by atoms with Gasteiger partial charge in [0.2, 0.25) is 5.91 Å². The highest BCUT2D eigenvalue weighted by Crippen LogP contribution is 2.38. The Balaban J connectivity index is 0.00000147. The molecule has 3 rings (SSSR count). The molecular formula is C16H29ClN2O. The van der Waals surface area contributed by atoms with Gasteiger partial charge in [-0.2, -0.15) is 0 Å². The lowest BCUT2D eigenvalue weighted by Gasteiger charge is -2.31. The summed E-state index contributed by atoms with van der Waals surface area (Å²) >= 11 is 0. The average molecular weight is 301 g/mol. The molecule has 1 spiro atoms. The summed E-state index contributed by atoms with van der Waals surface area (Å²) in [5.41, 5.74) is 0.427. The van der Waals surface area contributed by atoms with Gasteiger partial charge in [0.15, 0.2) is 0 Å². The molecule has 20 heavy (non-hydrogen) atoms. The Bertz CT molecular complexity index is 333. The first kappa shape index (κ1) is 16.1. The van der Waals surface area contributed by atoms with Gasteiger partial charge in [0, 0.05) is 31.0 Å². The van der Waals surface area contributed by atoms with Crippen LogP contribution < -0.4 is 5.32 Å². The Morgan fingerprint density at radius 2 is 2.00 bits per heavy atom. The molecule has 2 aliphatic heterocycles. The summed E-state index contributed by atoms with van der Waals surface area (Å²) in [6, 6.07) is 0. The first-order chi connectivity index (χ1) is 9.22. The number of rotatable bonds is 2. The van der Waals surface area contributed by atoms with E-state index in [9.17, 15) is 4.79 Å².